The maximum absolute atomic E-state index is 12.2. The molecular weight excluding hydrogens is 358 g/mol. The van der Waals surface area contributed by atoms with Gasteiger partial charge in [-0.15, -0.1) is 5.10 Å². The number of anilines is 2. The molecule has 1 aromatic carbocycles. The number of pyridine rings is 1. The maximum Gasteiger partial charge on any atom is 0.325 e. The predicted octanol–water partition coefficient (Wildman–Crippen LogP) is 2.22. The lowest BCUT2D eigenvalue weighted by molar-refractivity contribution is -0.138. The van der Waals surface area contributed by atoms with E-state index in [9.17, 15) is 9.59 Å². The van der Waals surface area contributed by atoms with E-state index in [1.807, 2.05) is 43.3 Å². The number of nitrogens with one attached hydrogen (secondary N) is 1. The summed E-state index contributed by atoms with van der Waals surface area (Å²) in [6, 6.07) is 13.5. The molecule has 0 bridgehead atoms. The van der Waals surface area contributed by atoms with Gasteiger partial charge in [0.15, 0.2) is 5.65 Å². The van der Waals surface area contributed by atoms with E-state index in [0.717, 1.165) is 16.9 Å². The molecule has 1 amide bonds. The van der Waals surface area contributed by atoms with Crippen molar-refractivity contribution in [2.45, 2.75) is 19.8 Å². The fourth-order valence-corrected chi connectivity index (χ4v) is 2.95. The number of carbonyl (C=O) groups excluding carboxylic acids is 2. The van der Waals surface area contributed by atoms with Crippen LogP contribution in [0, 0.1) is 6.92 Å². The quantitative estimate of drug-likeness (QED) is 0.631. The van der Waals surface area contributed by atoms with Gasteiger partial charge in [0.1, 0.15) is 6.54 Å². The Labute approximate surface area is 163 Å². The van der Waals surface area contributed by atoms with Crippen molar-refractivity contribution in [1.29, 1.82) is 0 Å². The summed E-state index contributed by atoms with van der Waals surface area (Å²) in [5.74, 6) is -0.207. The molecule has 146 valence electrons. The molecule has 0 fully saturated rings. The molecule has 2 heterocycles. The molecule has 0 radical (unpaired) electrons. The molecule has 0 aliphatic heterocycles. The van der Waals surface area contributed by atoms with Crippen LogP contribution in [0.5, 0.6) is 0 Å². The summed E-state index contributed by atoms with van der Waals surface area (Å²) in [6.45, 7) is 2.01. The number of methoxy groups -OCH3 is 1. The van der Waals surface area contributed by atoms with E-state index < -0.39 is 0 Å². The number of aromatic nitrogens is 3. The van der Waals surface area contributed by atoms with Crippen LogP contribution in [0.15, 0.2) is 42.5 Å². The maximum atomic E-state index is 12.2. The highest BCUT2D eigenvalue weighted by molar-refractivity contribution is 5.89. The predicted molar refractivity (Wildman–Crippen MR) is 106 cm³/mol. The molecule has 0 saturated heterocycles. The first-order valence-corrected chi connectivity index (χ1v) is 8.96. The van der Waals surface area contributed by atoms with Crippen molar-refractivity contribution in [2.24, 2.45) is 0 Å². The number of aryl methyl sites for hydroxylation is 2. The van der Waals surface area contributed by atoms with Gasteiger partial charge >= 0.3 is 5.97 Å². The van der Waals surface area contributed by atoms with Gasteiger partial charge in [0.2, 0.25) is 11.9 Å². The van der Waals surface area contributed by atoms with Gasteiger partial charge in [-0.2, -0.15) is 4.98 Å². The number of nitrogens with zero attached hydrogens (tertiary/aromatic N) is 4. The molecule has 8 heteroatoms. The summed E-state index contributed by atoms with van der Waals surface area (Å²) in [7, 11) is 3.16. The van der Waals surface area contributed by atoms with Gasteiger partial charge in [-0.05, 0) is 31.0 Å². The molecule has 28 heavy (non-hydrogen) atoms. The molecule has 3 rings (SSSR count). The van der Waals surface area contributed by atoms with E-state index in [-0.39, 0.29) is 24.4 Å². The molecular formula is C20H23N5O3. The van der Waals surface area contributed by atoms with Crippen molar-refractivity contribution in [3.63, 3.8) is 0 Å². The minimum atomic E-state index is -0.327. The highest BCUT2D eigenvalue weighted by atomic mass is 16.5. The Hall–Kier alpha value is -3.42. The Morgan fingerprint density at radius 3 is 2.64 bits per heavy atom. The number of rotatable bonds is 7. The second-order valence-corrected chi connectivity index (χ2v) is 6.48. The van der Waals surface area contributed by atoms with Crippen molar-refractivity contribution in [3.8, 4) is 0 Å². The van der Waals surface area contributed by atoms with Gasteiger partial charge in [0, 0.05) is 13.5 Å². The Balaban J connectivity index is 1.70. The lowest BCUT2D eigenvalue weighted by Crippen LogP contribution is -2.27. The summed E-state index contributed by atoms with van der Waals surface area (Å²) in [5, 5.41) is 7.13. The van der Waals surface area contributed by atoms with Crippen LogP contribution in [-0.2, 0) is 20.7 Å². The SMILES string of the molecule is COC(=O)CN(C)c1ccc2nc(NC(=O)CCc3ccccc3)nn2c1C. The Bertz CT molecular complexity index is 984. The molecule has 0 atom stereocenters. The minimum Gasteiger partial charge on any atom is -0.468 e. The third kappa shape index (κ3) is 4.46. The molecule has 8 nitrogen and oxygen atoms in total. The number of likely N-dealkylation sites (N-methyl/N-ethyl adjacent to an activating group) is 1. The fourth-order valence-electron chi connectivity index (χ4n) is 2.95. The Morgan fingerprint density at radius 1 is 1.18 bits per heavy atom. The standard InChI is InChI=1S/C20H23N5O3/c1-14-16(24(2)13-19(27)28-3)10-11-17-21-20(23-25(14)17)22-18(26)12-9-15-7-5-4-6-8-15/h4-8,10-11H,9,12-13H2,1-3H3,(H,22,23,26). The van der Waals surface area contributed by atoms with Crippen LogP contribution in [0.4, 0.5) is 11.6 Å². The lowest BCUT2D eigenvalue weighted by atomic mass is 10.1. The smallest absolute Gasteiger partial charge is 0.325 e. The number of ether oxygens (including phenoxy) is 1. The van der Waals surface area contributed by atoms with Gasteiger partial charge in [-0.3, -0.25) is 14.9 Å². The molecule has 1 N–H and O–H groups in total. The van der Waals surface area contributed by atoms with E-state index in [0.29, 0.717) is 18.5 Å². The molecule has 0 spiro atoms. The van der Waals surface area contributed by atoms with E-state index in [1.165, 1.54) is 7.11 Å². The Kier molecular flexibility index (Phi) is 5.88. The van der Waals surface area contributed by atoms with Crippen molar-refractivity contribution >= 4 is 29.2 Å². The zero-order valence-electron chi connectivity index (χ0n) is 16.2. The lowest BCUT2D eigenvalue weighted by Gasteiger charge is -2.19. The van der Waals surface area contributed by atoms with Gasteiger partial charge in [0.05, 0.1) is 18.5 Å². The first-order valence-electron chi connectivity index (χ1n) is 8.96. The molecule has 0 unspecified atom stereocenters. The number of hydrogen-bond acceptors (Lipinski definition) is 6. The first kappa shape index (κ1) is 19.3. The highest BCUT2D eigenvalue weighted by Crippen LogP contribution is 2.20. The molecule has 0 aliphatic rings. The number of fused-ring (bicyclic) bond motifs is 1. The van der Waals surface area contributed by atoms with E-state index in [1.54, 1.807) is 22.5 Å². The second-order valence-electron chi connectivity index (χ2n) is 6.48. The first-order chi connectivity index (χ1) is 13.5. The van der Waals surface area contributed by atoms with E-state index >= 15 is 0 Å². The van der Waals surface area contributed by atoms with Gasteiger partial charge in [-0.25, -0.2) is 4.52 Å². The van der Waals surface area contributed by atoms with E-state index in [4.69, 9.17) is 4.74 Å². The fraction of sp³-hybridized carbons (Fsp3) is 0.300. The minimum absolute atomic E-state index is 0.126. The van der Waals surface area contributed by atoms with Crippen LogP contribution >= 0.6 is 0 Å². The number of amides is 1. The molecule has 0 aliphatic carbocycles. The van der Waals surface area contributed by atoms with Crippen LogP contribution in [0.1, 0.15) is 17.7 Å². The van der Waals surface area contributed by atoms with Crippen LogP contribution in [0.3, 0.4) is 0 Å². The second kappa shape index (κ2) is 8.51. The third-order valence-electron chi connectivity index (χ3n) is 4.45. The highest BCUT2D eigenvalue weighted by Gasteiger charge is 2.15. The summed E-state index contributed by atoms with van der Waals surface area (Å²) in [6.07, 6.45) is 1.01. The zero-order valence-corrected chi connectivity index (χ0v) is 16.2. The van der Waals surface area contributed by atoms with Crippen LogP contribution < -0.4 is 10.2 Å². The van der Waals surface area contributed by atoms with Crippen molar-refractivity contribution in [1.82, 2.24) is 14.6 Å². The van der Waals surface area contributed by atoms with Gasteiger partial charge in [0.25, 0.3) is 0 Å². The van der Waals surface area contributed by atoms with E-state index in [2.05, 4.69) is 15.4 Å². The summed E-state index contributed by atoms with van der Waals surface area (Å²) >= 11 is 0. The van der Waals surface area contributed by atoms with Crippen LogP contribution in [0.25, 0.3) is 5.65 Å². The van der Waals surface area contributed by atoms with Crippen LogP contribution in [-0.4, -0.2) is 47.2 Å². The zero-order chi connectivity index (χ0) is 20.1. The number of benzene rings is 1. The topological polar surface area (TPSA) is 88.8 Å². The monoisotopic (exact) mass is 381 g/mol. The molecule has 3 aromatic rings. The summed E-state index contributed by atoms with van der Waals surface area (Å²) in [4.78, 5) is 29.9. The van der Waals surface area contributed by atoms with Gasteiger partial charge < -0.3 is 9.64 Å². The van der Waals surface area contributed by atoms with Crippen LogP contribution in [0.2, 0.25) is 0 Å². The normalized spacial score (nSPS) is 10.7. The van der Waals surface area contributed by atoms with Gasteiger partial charge in [-0.1, -0.05) is 30.3 Å². The van der Waals surface area contributed by atoms with Crippen molar-refractivity contribution < 1.29 is 14.3 Å². The summed E-state index contributed by atoms with van der Waals surface area (Å²) in [5.41, 5.74) is 3.35. The summed E-state index contributed by atoms with van der Waals surface area (Å²) < 4.78 is 6.36. The number of esters is 1. The molecule has 2 aromatic heterocycles. The average molecular weight is 381 g/mol. The van der Waals surface area contributed by atoms with Crippen molar-refractivity contribution in [3.05, 3.63) is 53.7 Å². The third-order valence-corrected chi connectivity index (χ3v) is 4.45. The average Bonchev–Trinajstić information content (AvgIpc) is 3.10. The number of carbonyl (C=O) groups is 2. The van der Waals surface area contributed by atoms with Crippen molar-refractivity contribution in [2.75, 3.05) is 30.9 Å². The Morgan fingerprint density at radius 2 is 1.93 bits per heavy atom. The molecule has 0 saturated carbocycles. The largest absolute Gasteiger partial charge is 0.468 e. The number of hydrogen-bond donors (Lipinski definition) is 1.